The fraction of sp³-hybridized carbons (Fsp3) is 0. The van der Waals surface area contributed by atoms with E-state index in [0.29, 0.717) is 5.82 Å². The topological polar surface area (TPSA) is 69.6 Å². The van der Waals surface area contributed by atoms with Gasteiger partial charge in [-0.05, 0) is 24.3 Å². The Kier molecular flexibility index (Phi) is 2.20. The number of aromatic nitrogens is 4. The predicted octanol–water partition coefficient (Wildman–Crippen LogP) is 2.55. The third-order valence-corrected chi connectivity index (χ3v) is 3.41. The average Bonchev–Trinajstić information content (AvgIpc) is 2.91. The highest BCUT2D eigenvalue weighted by molar-refractivity contribution is 5.91. The molecule has 0 aliphatic rings. The molecular formula is C15H11N5. The molecule has 0 aliphatic heterocycles. The van der Waals surface area contributed by atoms with Crippen LogP contribution in [-0.2, 0) is 0 Å². The second-order valence-electron chi connectivity index (χ2n) is 4.58. The first-order valence-electron chi connectivity index (χ1n) is 6.24. The summed E-state index contributed by atoms with van der Waals surface area (Å²) in [6, 6.07) is 7.86. The van der Waals surface area contributed by atoms with Gasteiger partial charge in [-0.2, -0.15) is 0 Å². The van der Waals surface area contributed by atoms with Gasteiger partial charge in [-0.25, -0.2) is 9.97 Å². The van der Waals surface area contributed by atoms with Crippen molar-refractivity contribution in [1.82, 2.24) is 19.5 Å². The van der Waals surface area contributed by atoms with E-state index in [-0.39, 0.29) is 0 Å². The normalized spacial score (nSPS) is 11.2. The molecule has 0 atom stereocenters. The minimum Gasteiger partial charge on any atom is -0.383 e. The first-order valence-corrected chi connectivity index (χ1v) is 6.24. The third-order valence-electron chi connectivity index (χ3n) is 3.41. The lowest BCUT2D eigenvalue weighted by Gasteiger charge is -2.06. The van der Waals surface area contributed by atoms with Crippen molar-refractivity contribution < 1.29 is 0 Å². The summed E-state index contributed by atoms with van der Waals surface area (Å²) in [5.41, 5.74) is 6.95. The van der Waals surface area contributed by atoms with Crippen LogP contribution in [0.15, 0.2) is 55.2 Å². The first-order chi connectivity index (χ1) is 9.83. The molecule has 4 rings (SSSR count). The maximum Gasteiger partial charge on any atom is 0.137 e. The van der Waals surface area contributed by atoms with Crippen LogP contribution in [0.25, 0.3) is 27.5 Å². The van der Waals surface area contributed by atoms with Gasteiger partial charge in [0.25, 0.3) is 0 Å². The maximum absolute atomic E-state index is 5.93. The van der Waals surface area contributed by atoms with Crippen molar-refractivity contribution in [2.75, 3.05) is 5.73 Å². The van der Waals surface area contributed by atoms with Gasteiger partial charge in [-0.3, -0.25) is 9.55 Å². The van der Waals surface area contributed by atoms with Gasteiger partial charge in [-0.15, -0.1) is 0 Å². The van der Waals surface area contributed by atoms with Gasteiger partial charge in [0, 0.05) is 40.9 Å². The Hall–Kier alpha value is -2.95. The lowest BCUT2D eigenvalue weighted by atomic mass is 10.2. The lowest BCUT2D eigenvalue weighted by molar-refractivity contribution is 1.05. The van der Waals surface area contributed by atoms with Crippen LogP contribution in [0, 0.1) is 0 Å². The molecule has 20 heavy (non-hydrogen) atoms. The van der Waals surface area contributed by atoms with Gasteiger partial charge in [0.2, 0.25) is 0 Å². The Bertz CT molecular complexity index is 926. The molecule has 0 saturated carbocycles. The molecular weight excluding hydrogens is 250 g/mol. The van der Waals surface area contributed by atoms with E-state index in [1.54, 1.807) is 12.4 Å². The summed E-state index contributed by atoms with van der Waals surface area (Å²) >= 11 is 0. The maximum atomic E-state index is 5.93. The Morgan fingerprint density at radius 3 is 2.80 bits per heavy atom. The van der Waals surface area contributed by atoms with Crippen molar-refractivity contribution in [2.24, 2.45) is 0 Å². The molecule has 0 radical (unpaired) electrons. The van der Waals surface area contributed by atoms with Gasteiger partial charge in [-0.1, -0.05) is 0 Å². The summed E-state index contributed by atoms with van der Waals surface area (Å²) in [5.74, 6) is 1.32. The van der Waals surface area contributed by atoms with Gasteiger partial charge < -0.3 is 5.73 Å². The highest BCUT2D eigenvalue weighted by atomic mass is 15.1. The van der Waals surface area contributed by atoms with Crippen molar-refractivity contribution in [3.63, 3.8) is 0 Å². The van der Waals surface area contributed by atoms with Crippen LogP contribution in [-0.4, -0.2) is 19.5 Å². The van der Waals surface area contributed by atoms with E-state index < -0.39 is 0 Å². The fourth-order valence-electron chi connectivity index (χ4n) is 2.38. The standard InChI is InChI=1S/C15H11N5/c16-15-12-7-14(19-8-11(12)2-5-18-15)20-6-3-10-1-4-17-9-13(10)20/h1-9H,(H2,16,18). The second-order valence-corrected chi connectivity index (χ2v) is 4.58. The highest BCUT2D eigenvalue weighted by Crippen LogP contribution is 2.23. The van der Waals surface area contributed by atoms with E-state index in [4.69, 9.17) is 5.73 Å². The molecule has 0 amide bonds. The number of nitrogen functional groups attached to an aromatic ring is 1. The average molecular weight is 261 g/mol. The van der Waals surface area contributed by atoms with Crippen molar-refractivity contribution in [3.8, 4) is 5.82 Å². The molecule has 5 heteroatoms. The van der Waals surface area contributed by atoms with Crippen LogP contribution >= 0.6 is 0 Å². The summed E-state index contributed by atoms with van der Waals surface area (Å²) in [5, 5.41) is 3.01. The fourth-order valence-corrected chi connectivity index (χ4v) is 2.38. The molecule has 96 valence electrons. The van der Waals surface area contributed by atoms with Crippen LogP contribution in [0.5, 0.6) is 0 Å². The van der Waals surface area contributed by atoms with Crippen LogP contribution in [0.2, 0.25) is 0 Å². The van der Waals surface area contributed by atoms with E-state index >= 15 is 0 Å². The van der Waals surface area contributed by atoms with Crippen LogP contribution in [0.1, 0.15) is 0 Å². The first kappa shape index (κ1) is 10.9. The minimum absolute atomic E-state index is 0.515. The van der Waals surface area contributed by atoms with Crippen LogP contribution < -0.4 is 5.73 Å². The summed E-state index contributed by atoms with van der Waals surface area (Å²) < 4.78 is 1.99. The van der Waals surface area contributed by atoms with E-state index in [0.717, 1.165) is 27.5 Å². The number of hydrogen-bond acceptors (Lipinski definition) is 4. The van der Waals surface area contributed by atoms with E-state index in [1.807, 2.05) is 47.4 Å². The SMILES string of the molecule is Nc1nccc2cnc(-n3ccc4ccncc43)cc12. The summed E-state index contributed by atoms with van der Waals surface area (Å²) in [7, 11) is 0. The molecule has 4 aromatic heterocycles. The molecule has 0 spiro atoms. The predicted molar refractivity (Wildman–Crippen MR) is 78.6 cm³/mol. The van der Waals surface area contributed by atoms with Crippen LogP contribution in [0.3, 0.4) is 0 Å². The van der Waals surface area contributed by atoms with Gasteiger partial charge in [0.05, 0.1) is 11.7 Å². The monoisotopic (exact) mass is 261 g/mol. The Morgan fingerprint density at radius 2 is 1.85 bits per heavy atom. The second kappa shape index (κ2) is 4.03. The highest BCUT2D eigenvalue weighted by Gasteiger charge is 2.06. The van der Waals surface area contributed by atoms with Gasteiger partial charge in [0.15, 0.2) is 0 Å². The minimum atomic E-state index is 0.515. The number of nitrogens with zero attached hydrogens (tertiary/aromatic N) is 4. The van der Waals surface area contributed by atoms with Gasteiger partial charge in [0.1, 0.15) is 11.6 Å². The number of nitrogens with two attached hydrogens (primary N) is 1. The Morgan fingerprint density at radius 1 is 0.950 bits per heavy atom. The number of pyridine rings is 3. The molecule has 0 aliphatic carbocycles. The van der Waals surface area contributed by atoms with E-state index in [1.165, 1.54) is 0 Å². The quantitative estimate of drug-likeness (QED) is 0.571. The Balaban J connectivity index is 2.00. The number of rotatable bonds is 1. The molecule has 0 unspecified atom stereocenters. The molecule has 4 aromatic rings. The summed E-state index contributed by atoms with van der Waals surface area (Å²) in [6.45, 7) is 0. The summed E-state index contributed by atoms with van der Waals surface area (Å²) in [4.78, 5) is 12.8. The summed E-state index contributed by atoms with van der Waals surface area (Å²) in [6.07, 6.45) is 9.09. The van der Waals surface area contributed by atoms with Crippen molar-refractivity contribution >= 4 is 27.5 Å². The zero-order chi connectivity index (χ0) is 13.5. The van der Waals surface area contributed by atoms with Gasteiger partial charge >= 0.3 is 0 Å². The van der Waals surface area contributed by atoms with Crippen molar-refractivity contribution in [3.05, 3.63) is 55.2 Å². The zero-order valence-electron chi connectivity index (χ0n) is 10.6. The van der Waals surface area contributed by atoms with E-state index in [9.17, 15) is 0 Å². The third kappa shape index (κ3) is 1.53. The Labute approximate surface area is 114 Å². The largest absolute Gasteiger partial charge is 0.383 e. The molecule has 2 N–H and O–H groups in total. The number of hydrogen-bond donors (Lipinski definition) is 1. The number of fused-ring (bicyclic) bond motifs is 2. The smallest absolute Gasteiger partial charge is 0.137 e. The molecule has 0 aromatic carbocycles. The molecule has 4 heterocycles. The van der Waals surface area contributed by atoms with Crippen LogP contribution in [0.4, 0.5) is 5.82 Å². The molecule has 0 fully saturated rings. The van der Waals surface area contributed by atoms with E-state index in [2.05, 4.69) is 15.0 Å². The molecule has 5 nitrogen and oxygen atoms in total. The van der Waals surface area contributed by atoms with Crippen molar-refractivity contribution in [1.29, 1.82) is 0 Å². The molecule has 0 bridgehead atoms. The molecule has 0 saturated heterocycles. The lowest BCUT2D eigenvalue weighted by Crippen LogP contribution is -1.98. The zero-order valence-corrected chi connectivity index (χ0v) is 10.6. The van der Waals surface area contributed by atoms with Crippen molar-refractivity contribution in [2.45, 2.75) is 0 Å². The number of anilines is 1.